The quantitative estimate of drug-likeness (QED) is 0.756. The summed E-state index contributed by atoms with van der Waals surface area (Å²) < 4.78 is 13.9. The van der Waals surface area contributed by atoms with Gasteiger partial charge in [0.25, 0.3) is 0 Å². The Balaban J connectivity index is 2.24. The summed E-state index contributed by atoms with van der Waals surface area (Å²) in [5.41, 5.74) is 0.994. The molecule has 0 saturated carbocycles. The number of anilines is 1. The molecule has 0 amide bonds. The van der Waals surface area contributed by atoms with Crippen molar-refractivity contribution in [2.24, 2.45) is 0 Å². The lowest BCUT2D eigenvalue weighted by Crippen LogP contribution is -2.40. The van der Waals surface area contributed by atoms with Crippen molar-refractivity contribution in [3.05, 3.63) is 29.6 Å². The second-order valence-corrected chi connectivity index (χ2v) is 6.37. The third-order valence-electron chi connectivity index (χ3n) is 2.87. The molecule has 0 bridgehead atoms. The van der Waals surface area contributed by atoms with Crippen molar-refractivity contribution in [1.29, 1.82) is 0 Å². The lowest BCUT2D eigenvalue weighted by molar-refractivity contribution is 0.112. The van der Waals surface area contributed by atoms with Crippen LogP contribution in [0.3, 0.4) is 0 Å². The number of carbonyl (C=O) groups excluding carboxylic acids is 1. The first kappa shape index (κ1) is 12.4. The number of nitrogens with zero attached hydrogens (tertiary/aromatic N) is 1. The van der Waals surface area contributed by atoms with Gasteiger partial charge < -0.3 is 4.90 Å². The van der Waals surface area contributed by atoms with Gasteiger partial charge in [-0.25, -0.2) is 4.39 Å². The third-order valence-corrected chi connectivity index (χ3v) is 4.10. The van der Waals surface area contributed by atoms with E-state index < -0.39 is 0 Å². The summed E-state index contributed by atoms with van der Waals surface area (Å²) in [7, 11) is 0. The molecule has 1 aromatic carbocycles. The van der Waals surface area contributed by atoms with Gasteiger partial charge in [0.15, 0.2) is 0 Å². The van der Waals surface area contributed by atoms with E-state index in [0.29, 0.717) is 28.0 Å². The Morgan fingerprint density at radius 1 is 1.35 bits per heavy atom. The van der Waals surface area contributed by atoms with Crippen LogP contribution in [0, 0.1) is 5.82 Å². The Hall–Kier alpha value is -1.03. The van der Waals surface area contributed by atoms with Gasteiger partial charge in [0.2, 0.25) is 0 Å². The maximum Gasteiger partial charge on any atom is 0.150 e. The van der Waals surface area contributed by atoms with Crippen molar-refractivity contribution in [1.82, 2.24) is 0 Å². The third kappa shape index (κ3) is 2.80. The molecule has 2 atom stereocenters. The number of carbonyl (C=O) groups is 1. The largest absolute Gasteiger partial charge is 0.367 e. The van der Waals surface area contributed by atoms with Gasteiger partial charge in [0, 0.05) is 29.2 Å². The van der Waals surface area contributed by atoms with Gasteiger partial charge in [0.1, 0.15) is 12.1 Å². The van der Waals surface area contributed by atoms with Gasteiger partial charge in [-0.2, -0.15) is 11.8 Å². The van der Waals surface area contributed by atoms with Crippen LogP contribution in [0.25, 0.3) is 0 Å². The molecule has 0 radical (unpaired) electrons. The molecule has 1 aliphatic rings. The topological polar surface area (TPSA) is 20.3 Å². The molecule has 2 rings (SSSR count). The summed E-state index contributed by atoms with van der Waals surface area (Å²) in [6.45, 7) is 6.02. The van der Waals surface area contributed by atoms with Crippen molar-refractivity contribution >= 4 is 23.7 Å². The SMILES string of the molecule is CC1CN(c2ccc(C=O)cc2F)CC(C)S1. The van der Waals surface area contributed by atoms with E-state index in [9.17, 15) is 9.18 Å². The van der Waals surface area contributed by atoms with Crippen LogP contribution >= 0.6 is 11.8 Å². The van der Waals surface area contributed by atoms with E-state index in [0.717, 1.165) is 13.1 Å². The van der Waals surface area contributed by atoms with Crippen LogP contribution in [0.2, 0.25) is 0 Å². The fourth-order valence-corrected chi connectivity index (χ4v) is 3.55. The highest BCUT2D eigenvalue weighted by atomic mass is 32.2. The zero-order valence-corrected chi connectivity index (χ0v) is 10.8. The lowest BCUT2D eigenvalue weighted by atomic mass is 10.2. The first-order chi connectivity index (χ1) is 8.10. The molecule has 4 heteroatoms. The van der Waals surface area contributed by atoms with Gasteiger partial charge in [-0.1, -0.05) is 13.8 Å². The van der Waals surface area contributed by atoms with Gasteiger partial charge in [-0.3, -0.25) is 4.79 Å². The lowest BCUT2D eigenvalue weighted by Gasteiger charge is -2.36. The van der Waals surface area contributed by atoms with E-state index in [4.69, 9.17) is 0 Å². The minimum Gasteiger partial charge on any atom is -0.367 e. The van der Waals surface area contributed by atoms with Crippen molar-refractivity contribution < 1.29 is 9.18 Å². The van der Waals surface area contributed by atoms with Crippen molar-refractivity contribution in [3.8, 4) is 0 Å². The predicted octanol–water partition coefficient (Wildman–Crippen LogP) is 2.97. The molecule has 0 spiro atoms. The predicted molar refractivity (Wildman–Crippen MR) is 70.5 cm³/mol. The molecular weight excluding hydrogens is 237 g/mol. The summed E-state index contributed by atoms with van der Waals surface area (Å²) >= 11 is 1.93. The average Bonchev–Trinajstić information content (AvgIpc) is 2.27. The molecule has 1 saturated heterocycles. The molecule has 92 valence electrons. The molecule has 0 N–H and O–H groups in total. The molecule has 1 aromatic rings. The van der Waals surface area contributed by atoms with E-state index >= 15 is 0 Å². The summed E-state index contributed by atoms with van der Waals surface area (Å²) in [4.78, 5) is 12.6. The van der Waals surface area contributed by atoms with Crippen molar-refractivity contribution in [2.75, 3.05) is 18.0 Å². The zero-order chi connectivity index (χ0) is 12.4. The van der Waals surface area contributed by atoms with Gasteiger partial charge in [-0.15, -0.1) is 0 Å². The van der Waals surface area contributed by atoms with Crippen LogP contribution in [-0.4, -0.2) is 29.9 Å². The second-order valence-electron chi connectivity index (χ2n) is 4.49. The van der Waals surface area contributed by atoms with Crippen LogP contribution in [0.1, 0.15) is 24.2 Å². The van der Waals surface area contributed by atoms with E-state index in [1.807, 2.05) is 11.8 Å². The molecule has 1 aliphatic heterocycles. The Morgan fingerprint density at radius 2 is 2.00 bits per heavy atom. The van der Waals surface area contributed by atoms with Crippen LogP contribution in [0.5, 0.6) is 0 Å². The molecule has 0 aromatic heterocycles. The van der Waals surface area contributed by atoms with Gasteiger partial charge in [0.05, 0.1) is 5.69 Å². The average molecular weight is 253 g/mol. The van der Waals surface area contributed by atoms with Crippen LogP contribution < -0.4 is 4.90 Å². The summed E-state index contributed by atoms with van der Waals surface area (Å²) in [5, 5.41) is 1.01. The molecule has 1 fully saturated rings. The summed E-state index contributed by atoms with van der Waals surface area (Å²) in [6.07, 6.45) is 0.671. The summed E-state index contributed by atoms with van der Waals surface area (Å²) in [6, 6.07) is 4.68. The minimum atomic E-state index is -0.305. The number of hydrogen-bond acceptors (Lipinski definition) is 3. The Labute approximate surface area is 105 Å². The maximum absolute atomic E-state index is 13.9. The Morgan fingerprint density at radius 3 is 2.53 bits per heavy atom. The minimum absolute atomic E-state index is 0.305. The molecular formula is C13H16FNOS. The van der Waals surface area contributed by atoms with Crippen molar-refractivity contribution in [3.63, 3.8) is 0 Å². The second kappa shape index (κ2) is 5.08. The first-order valence-electron chi connectivity index (χ1n) is 5.75. The molecule has 1 heterocycles. The first-order valence-corrected chi connectivity index (χ1v) is 6.69. The zero-order valence-electron chi connectivity index (χ0n) is 10.0. The number of rotatable bonds is 2. The highest BCUT2D eigenvalue weighted by Crippen LogP contribution is 2.30. The number of thioether (sulfide) groups is 1. The monoisotopic (exact) mass is 253 g/mol. The van der Waals surface area contributed by atoms with Crippen LogP contribution in [0.4, 0.5) is 10.1 Å². The molecule has 2 nitrogen and oxygen atoms in total. The fraction of sp³-hybridized carbons (Fsp3) is 0.462. The fourth-order valence-electron chi connectivity index (χ4n) is 2.23. The van der Waals surface area contributed by atoms with Crippen LogP contribution in [0.15, 0.2) is 18.2 Å². The number of benzene rings is 1. The van der Waals surface area contributed by atoms with E-state index in [2.05, 4.69) is 18.7 Å². The van der Waals surface area contributed by atoms with Crippen LogP contribution in [-0.2, 0) is 0 Å². The Bertz CT molecular complexity index is 414. The highest BCUT2D eigenvalue weighted by Gasteiger charge is 2.24. The molecule has 17 heavy (non-hydrogen) atoms. The van der Waals surface area contributed by atoms with Crippen molar-refractivity contribution in [2.45, 2.75) is 24.3 Å². The van der Waals surface area contributed by atoms with E-state index in [-0.39, 0.29) is 5.82 Å². The van der Waals surface area contributed by atoms with Gasteiger partial charge in [-0.05, 0) is 18.2 Å². The Kier molecular flexibility index (Phi) is 3.72. The smallest absolute Gasteiger partial charge is 0.150 e. The number of aldehydes is 1. The van der Waals surface area contributed by atoms with E-state index in [1.165, 1.54) is 6.07 Å². The maximum atomic E-state index is 13.9. The molecule has 0 aliphatic carbocycles. The summed E-state index contributed by atoms with van der Waals surface area (Å²) in [5.74, 6) is -0.305. The van der Waals surface area contributed by atoms with Gasteiger partial charge >= 0.3 is 0 Å². The number of halogens is 1. The highest BCUT2D eigenvalue weighted by molar-refractivity contribution is 8.00. The standard InChI is InChI=1S/C13H16FNOS/c1-9-6-15(7-10(2)17-9)13-4-3-11(8-16)5-12(13)14/h3-5,8-10H,6-7H2,1-2H3. The number of hydrogen-bond donors (Lipinski definition) is 0. The molecule has 2 unspecified atom stereocenters. The van der Waals surface area contributed by atoms with E-state index in [1.54, 1.807) is 12.1 Å². The normalized spacial score (nSPS) is 24.8.